The molecule has 0 rings (SSSR count). The molecule has 0 heterocycles. The quantitative estimate of drug-likeness (QED) is 0.0344. The van der Waals surface area contributed by atoms with Gasteiger partial charge in [0.2, 0.25) is 0 Å². The van der Waals surface area contributed by atoms with Gasteiger partial charge in [-0.25, -0.2) is 0 Å². The first-order valence-electron chi connectivity index (χ1n) is 27.4. The van der Waals surface area contributed by atoms with Crippen LogP contribution in [0.4, 0.5) is 0 Å². The van der Waals surface area contributed by atoms with Crippen LogP contribution in [0.3, 0.4) is 0 Å². The predicted molar refractivity (Wildman–Crippen MR) is 261 cm³/mol. The van der Waals surface area contributed by atoms with Crippen LogP contribution < -0.4 is 0 Å². The van der Waals surface area contributed by atoms with Gasteiger partial charge < -0.3 is 14.2 Å². The van der Waals surface area contributed by atoms with Crippen LogP contribution in [-0.4, -0.2) is 37.2 Å². The zero-order chi connectivity index (χ0) is 44.5. The van der Waals surface area contributed by atoms with Gasteiger partial charge in [0.15, 0.2) is 6.10 Å². The molecule has 1 atom stereocenters. The second-order valence-corrected chi connectivity index (χ2v) is 19.3. The summed E-state index contributed by atoms with van der Waals surface area (Å²) < 4.78 is 16.8. The first-order chi connectivity index (χ1) is 29.9. The zero-order valence-corrected chi connectivity index (χ0v) is 41.6. The van der Waals surface area contributed by atoms with E-state index in [1.54, 1.807) is 0 Å². The smallest absolute Gasteiger partial charge is 0.306 e. The highest BCUT2D eigenvalue weighted by atomic mass is 16.6. The van der Waals surface area contributed by atoms with Crippen molar-refractivity contribution in [3.8, 4) is 0 Å². The maximum absolute atomic E-state index is 12.8. The van der Waals surface area contributed by atoms with E-state index in [1.165, 1.54) is 205 Å². The van der Waals surface area contributed by atoms with Gasteiger partial charge in [0, 0.05) is 19.3 Å². The molecule has 0 N–H and O–H groups in total. The van der Waals surface area contributed by atoms with E-state index in [2.05, 4.69) is 27.7 Å². The van der Waals surface area contributed by atoms with E-state index in [0.717, 1.165) is 63.7 Å². The van der Waals surface area contributed by atoms with Crippen LogP contribution in [0.1, 0.15) is 310 Å². The minimum Gasteiger partial charge on any atom is -0.462 e. The van der Waals surface area contributed by atoms with Crippen molar-refractivity contribution < 1.29 is 28.6 Å². The fourth-order valence-electron chi connectivity index (χ4n) is 8.39. The van der Waals surface area contributed by atoms with E-state index in [4.69, 9.17) is 14.2 Å². The third-order valence-electron chi connectivity index (χ3n) is 12.5. The lowest BCUT2D eigenvalue weighted by Gasteiger charge is -2.18. The zero-order valence-electron chi connectivity index (χ0n) is 41.6. The van der Waals surface area contributed by atoms with Crippen molar-refractivity contribution in [2.45, 2.75) is 316 Å². The second kappa shape index (κ2) is 49.4. The average Bonchev–Trinajstić information content (AvgIpc) is 3.24. The lowest BCUT2D eigenvalue weighted by Crippen LogP contribution is -2.30. The molecule has 0 unspecified atom stereocenters. The topological polar surface area (TPSA) is 78.9 Å². The van der Waals surface area contributed by atoms with Crippen molar-refractivity contribution in [2.24, 2.45) is 5.92 Å². The van der Waals surface area contributed by atoms with E-state index >= 15 is 0 Å². The van der Waals surface area contributed by atoms with E-state index in [-0.39, 0.29) is 31.1 Å². The summed E-state index contributed by atoms with van der Waals surface area (Å²) in [6.07, 6.45) is 52.4. The first kappa shape index (κ1) is 59.4. The highest BCUT2D eigenvalue weighted by Crippen LogP contribution is 2.17. The normalized spacial score (nSPS) is 12.0. The average molecular weight is 863 g/mol. The highest BCUT2D eigenvalue weighted by Gasteiger charge is 2.19. The summed E-state index contributed by atoms with van der Waals surface area (Å²) in [7, 11) is 0. The van der Waals surface area contributed by atoms with Crippen LogP contribution in [0.25, 0.3) is 0 Å². The number of esters is 3. The van der Waals surface area contributed by atoms with E-state index in [1.807, 2.05) is 0 Å². The maximum atomic E-state index is 12.8. The summed E-state index contributed by atoms with van der Waals surface area (Å²) in [5, 5.41) is 0. The molecule has 0 aromatic heterocycles. The van der Waals surface area contributed by atoms with Gasteiger partial charge in [-0.2, -0.15) is 0 Å². The summed E-state index contributed by atoms with van der Waals surface area (Å²) in [5.74, 6) is -0.0180. The van der Waals surface area contributed by atoms with Gasteiger partial charge in [0.25, 0.3) is 0 Å². The van der Waals surface area contributed by atoms with E-state index in [9.17, 15) is 14.4 Å². The largest absolute Gasteiger partial charge is 0.462 e. The molecule has 0 aliphatic heterocycles. The van der Waals surface area contributed by atoms with Crippen LogP contribution in [0.15, 0.2) is 0 Å². The molecular formula is C55H106O6. The minimum absolute atomic E-state index is 0.0625. The van der Waals surface area contributed by atoms with Crippen molar-refractivity contribution in [2.75, 3.05) is 13.2 Å². The molecule has 0 aromatic rings. The highest BCUT2D eigenvalue weighted by molar-refractivity contribution is 5.71. The van der Waals surface area contributed by atoms with Gasteiger partial charge in [0.1, 0.15) is 13.2 Å². The lowest BCUT2D eigenvalue weighted by molar-refractivity contribution is -0.167. The first-order valence-corrected chi connectivity index (χ1v) is 27.4. The Kier molecular flexibility index (Phi) is 48.1. The predicted octanol–water partition coefficient (Wildman–Crippen LogP) is 17.8. The molecular weight excluding hydrogens is 757 g/mol. The van der Waals surface area contributed by atoms with E-state index in [0.29, 0.717) is 19.3 Å². The summed E-state index contributed by atoms with van der Waals surface area (Å²) in [4.78, 5) is 38.0. The molecule has 0 amide bonds. The molecule has 0 saturated carbocycles. The number of ether oxygens (including phenoxy) is 3. The molecule has 0 aromatic carbocycles. The van der Waals surface area contributed by atoms with Crippen LogP contribution >= 0.6 is 0 Å². The van der Waals surface area contributed by atoms with Crippen molar-refractivity contribution in [3.63, 3.8) is 0 Å². The van der Waals surface area contributed by atoms with Gasteiger partial charge >= 0.3 is 17.9 Å². The fraction of sp³-hybridized carbons (Fsp3) is 0.945. The Morgan fingerprint density at radius 1 is 0.311 bits per heavy atom. The van der Waals surface area contributed by atoms with Gasteiger partial charge in [-0.1, -0.05) is 272 Å². The van der Waals surface area contributed by atoms with Gasteiger partial charge in [0.05, 0.1) is 0 Å². The molecule has 0 aliphatic carbocycles. The molecule has 61 heavy (non-hydrogen) atoms. The molecule has 6 nitrogen and oxygen atoms in total. The van der Waals surface area contributed by atoms with Crippen LogP contribution in [0, 0.1) is 5.92 Å². The Morgan fingerprint density at radius 2 is 0.541 bits per heavy atom. The number of hydrogen-bond donors (Lipinski definition) is 0. The molecule has 362 valence electrons. The number of hydrogen-bond acceptors (Lipinski definition) is 6. The SMILES string of the molecule is CCCCCCCCCCCCCCCCCCCCCC(=O)OC[C@H](COC(=O)CCCCCCCCCCCC)OC(=O)CCCCCCCCCCCCCC(C)C. The number of carbonyl (C=O) groups is 3. The number of carbonyl (C=O) groups excluding carboxylic acids is 3. The summed E-state index contributed by atoms with van der Waals surface area (Å²) >= 11 is 0. The van der Waals surface area contributed by atoms with Crippen LogP contribution in [0.2, 0.25) is 0 Å². The molecule has 0 fully saturated rings. The Hall–Kier alpha value is -1.59. The van der Waals surface area contributed by atoms with Gasteiger partial charge in [-0.15, -0.1) is 0 Å². The monoisotopic (exact) mass is 863 g/mol. The lowest BCUT2D eigenvalue weighted by atomic mass is 10.0. The van der Waals surface area contributed by atoms with Gasteiger partial charge in [-0.05, 0) is 25.2 Å². The summed E-state index contributed by atoms with van der Waals surface area (Å²) in [6.45, 7) is 9.02. The summed E-state index contributed by atoms with van der Waals surface area (Å²) in [6, 6.07) is 0. The number of unbranched alkanes of at least 4 members (excludes halogenated alkanes) is 37. The Bertz CT molecular complexity index is 918. The van der Waals surface area contributed by atoms with E-state index < -0.39 is 6.10 Å². The van der Waals surface area contributed by atoms with Gasteiger partial charge in [-0.3, -0.25) is 14.4 Å². The molecule has 0 spiro atoms. The second-order valence-electron chi connectivity index (χ2n) is 19.3. The van der Waals surface area contributed by atoms with Crippen LogP contribution in [0.5, 0.6) is 0 Å². The maximum Gasteiger partial charge on any atom is 0.306 e. The molecule has 0 saturated heterocycles. The van der Waals surface area contributed by atoms with Crippen molar-refractivity contribution in [1.29, 1.82) is 0 Å². The third kappa shape index (κ3) is 49.3. The standard InChI is InChI=1S/C55H106O6/c1-5-7-9-11-13-15-17-18-19-20-21-22-23-24-27-31-35-39-43-47-54(57)60-50-52(49-59-53(56)46-42-38-34-30-16-14-12-10-8-6-2)61-55(58)48-44-40-36-32-28-25-26-29-33-37-41-45-51(3)4/h51-52H,5-50H2,1-4H3/t52-/m0/s1. The third-order valence-corrected chi connectivity index (χ3v) is 12.5. The van der Waals surface area contributed by atoms with Crippen molar-refractivity contribution >= 4 is 17.9 Å². The molecule has 0 bridgehead atoms. The Balaban J connectivity index is 4.23. The Labute approximate surface area is 380 Å². The molecule has 0 aliphatic rings. The van der Waals surface area contributed by atoms with Crippen LogP contribution in [-0.2, 0) is 28.6 Å². The summed E-state index contributed by atoms with van der Waals surface area (Å²) in [5.41, 5.74) is 0. The fourth-order valence-corrected chi connectivity index (χ4v) is 8.39. The van der Waals surface area contributed by atoms with Crippen molar-refractivity contribution in [1.82, 2.24) is 0 Å². The minimum atomic E-state index is -0.761. The molecule has 0 radical (unpaired) electrons. The Morgan fingerprint density at radius 3 is 0.803 bits per heavy atom. The van der Waals surface area contributed by atoms with Crippen molar-refractivity contribution in [3.05, 3.63) is 0 Å². The number of rotatable bonds is 50. The molecule has 6 heteroatoms.